The van der Waals surface area contributed by atoms with Crippen LogP contribution in [0, 0.1) is 0 Å². The van der Waals surface area contributed by atoms with E-state index in [1.54, 1.807) is 0 Å². The number of Topliss-reactive ketones (excluding diaryl/α,β-unsaturated/α-hetero) is 1. The van der Waals surface area contributed by atoms with E-state index in [4.69, 9.17) is 4.74 Å². The van der Waals surface area contributed by atoms with Gasteiger partial charge in [-0.3, -0.25) is 4.79 Å². The van der Waals surface area contributed by atoms with E-state index >= 15 is 0 Å². The molecule has 2 rings (SSSR count). The molecule has 0 spiro atoms. The maximum atomic E-state index is 11.6. The first-order valence-electron chi connectivity index (χ1n) is 6.93. The molecule has 0 saturated heterocycles. The van der Waals surface area contributed by atoms with Crippen molar-refractivity contribution in [3.63, 3.8) is 0 Å². The van der Waals surface area contributed by atoms with Gasteiger partial charge >= 0.3 is 6.09 Å². The number of ketones is 1. The molecule has 4 nitrogen and oxygen atoms in total. The van der Waals surface area contributed by atoms with Crippen LogP contribution in [0.25, 0.3) is 0 Å². The predicted octanol–water partition coefficient (Wildman–Crippen LogP) is 2.77. The number of amides is 1. The number of nitrogens with one attached hydrogen (secondary N) is 1. The van der Waals surface area contributed by atoms with Gasteiger partial charge in [-0.1, -0.05) is 18.2 Å². The minimum atomic E-state index is -0.494. The Kier molecular flexibility index (Phi) is 4.12. The number of rotatable bonds is 2. The highest BCUT2D eigenvalue weighted by molar-refractivity contribution is 5.83. The molecule has 0 heterocycles. The van der Waals surface area contributed by atoms with Crippen molar-refractivity contribution in [1.82, 2.24) is 5.32 Å². The summed E-state index contributed by atoms with van der Waals surface area (Å²) < 4.78 is 5.18. The smallest absolute Gasteiger partial charge is 0.407 e. The molecule has 108 valence electrons. The van der Waals surface area contributed by atoms with Crippen molar-refractivity contribution in [2.24, 2.45) is 0 Å². The number of fused-ring (bicyclic) bond motifs is 1. The summed E-state index contributed by atoms with van der Waals surface area (Å²) in [4.78, 5) is 23.1. The lowest BCUT2D eigenvalue weighted by Gasteiger charge is -2.20. The molecule has 20 heavy (non-hydrogen) atoms. The van der Waals surface area contributed by atoms with Gasteiger partial charge in [0.15, 0.2) is 0 Å². The number of hydrogen-bond donors (Lipinski definition) is 1. The van der Waals surface area contributed by atoms with Crippen LogP contribution in [-0.2, 0) is 28.9 Å². The Morgan fingerprint density at radius 1 is 1.25 bits per heavy atom. The second-order valence-electron chi connectivity index (χ2n) is 6.17. The molecule has 4 heteroatoms. The molecular weight excluding hydrogens is 254 g/mol. The summed E-state index contributed by atoms with van der Waals surface area (Å²) in [5.41, 5.74) is 2.83. The molecule has 0 atom stereocenters. The zero-order valence-corrected chi connectivity index (χ0v) is 12.3. The predicted molar refractivity (Wildman–Crippen MR) is 76.5 cm³/mol. The highest BCUT2D eigenvalue weighted by Crippen LogP contribution is 2.20. The number of ether oxygens (including phenoxy) is 1. The van der Waals surface area contributed by atoms with Gasteiger partial charge in [-0.2, -0.15) is 0 Å². The van der Waals surface area contributed by atoms with E-state index in [-0.39, 0.29) is 5.78 Å². The highest BCUT2D eigenvalue weighted by atomic mass is 16.6. The van der Waals surface area contributed by atoms with Crippen molar-refractivity contribution in [1.29, 1.82) is 0 Å². The van der Waals surface area contributed by atoms with Gasteiger partial charge in [-0.25, -0.2) is 4.79 Å². The van der Waals surface area contributed by atoms with Gasteiger partial charge in [-0.15, -0.1) is 0 Å². The average molecular weight is 275 g/mol. The number of carbonyl (C=O) groups excluding carboxylic acids is 2. The van der Waals surface area contributed by atoms with E-state index in [2.05, 4.69) is 5.32 Å². The zero-order valence-electron chi connectivity index (χ0n) is 12.3. The summed E-state index contributed by atoms with van der Waals surface area (Å²) in [6.07, 6.45) is 1.55. The first kappa shape index (κ1) is 14.6. The van der Waals surface area contributed by atoms with Crippen LogP contribution in [0.2, 0.25) is 0 Å². The fourth-order valence-electron chi connectivity index (χ4n) is 2.26. The molecule has 1 aromatic carbocycles. The molecule has 1 aliphatic rings. The van der Waals surface area contributed by atoms with Gasteiger partial charge in [0, 0.05) is 19.4 Å². The van der Waals surface area contributed by atoms with E-state index in [9.17, 15) is 9.59 Å². The van der Waals surface area contributed by atoms with Gasteiger partial charge in [-0.05, 0) is 43.9 Å². The number of benzene rings is 1. The molecule has 0 aromatic heterocycles. The average Bonchev–Trinajstić information content (AvgIpc) is 2.33. The Morgan fingerprint density at radius 2 is 2.00 bits per heavy atom. The molecular formula is C16H21NO3. The highest BCUT2D eigenvalue weighted by Gasteiger charge is 2.17. The second-order valence-corrected chi connectivity index (χ2v) is 6.17. The lowest BCUT2D eigenvalue weighted by Crippen LogP contribution is -2.32. The van der Waals surface area contributed by atoms with Crippen LogP contribution in [0.5, 0.6) is 0 Å². The molecule has 1 amide bonds. The topological polar surface area (TPSA) is 55.4 Å². The van der Waals surface area contributed by atoms with Crippen molar-refractivity contribution >= 4 is 11.9 Å². The molecule has 0 fully saturated rings. The lowest BCUT2D eigenvalue weighted by molar-refractivity contribution is -0.118. The van der Waals surface area contributed by atoms with E-state index in [0.29, 0.717) is 19.4 Å². The van der Waals surface area contributed by atoms with E-state index in [1.807, 2.05) is 39.0 Å². The Morgan fingerprint density at radius 3 is 2.70 bits per heavy atom. The lowest BCUT2D eigenvalue weighted by atomic mass is 9.89. The first-order chi connectivity index (χ1) is 9.33. The van der Waals surface area contributed by atoms with Crippen molar-refractivity contribution in [3.8, 4) is 0 Å². The SMILES string of the molecule is CC(C)(C)OC(=O)NCc1ccc2c(c1)CC(=O)CC2. The Labute approximate surface area is 119 Å². The molecule has 0 saturated carbocycles. The van der Waals surface area contributed by atoms with Crippen LogP contribution in [0.1, 0.15) is 43.9 Å². The monoisotopic (exact) mass is 275 g/mol. The number of carbonyl (C=O) groups is 2. The fraction of sp³-hybridized carbons (Fsp3) is 0.500. The van der Waals surface area contributed by atoms with Gasteiger partial charge < -0.3 is 10.1 Å². The fourth-order valence-corrected chi connectivity index (χ4v) is 2.26. The minimum absolute atomic E-state index is 0.287. The maximum absolute atomic E-state index is 11.6. The minimum Gasteiger partial charge on any atom is -0.444 e. The summed E-state index contributed by atoms with van der Waals surface area (Å²) in [7, 11) is 0. The summed E-state index contributed by atoms with van der Waals surface area (Å²) in [5, 5.41) is 2.73. The van der Waals surface area contributed by atoms with Crippen molar-refractivity contribution in [3.05, 3.63) is 34.9 Å². The Hall–Kier alpha value is -1.84. The standard InChI is InChI=1S/C16H21NO3/c1-16(2,3)20-15(19)17-10-11-4-5-12-6-7-14(18)9-13(12)8-11/h4-5,8H,6-7,9-10H2,1-3H3,(H,17,19). The third kappa shape index (κ3) is 4.08. The van der Waals surface area contributed by atoms with E-state index < -0.39 is 11.7 Å². The van der Waals surface area contributed by atoms with Gasteiger partial charge in [0.05, 0.1) is 0 Å². The third-order valence-corrected chi connectivity index (χ3v) is 3.17. The van der Waals surface area contributed by atoms with Gasteiger partial charge in [0.25, 0.3) is 0 Å². The maximum Gasteiger partial charge on any atom is 0.407 e. The summed E-state index contributed by atoms with van der Waals surface area (Å²) in [5.74, 6) is 0.287. The Balaban J connectivity index is 1.96. The summed E-state index contributed by atoms with van der Waals surface area (Å²) in [6.45, 7) is 5.90. The number of hydrogen-bond acceptors (Lipinski definition) is 3. The van der Waals surface area contributed by atoms with E-state index in [0.717, 1.165) is 17.5 Å². The second kappa shape index (κ2) is 5.65. The zero-order chi connectivity index (χ0) is 14.8. The molecule has 1 aromatic rings. The van der Waals surface area contributed by atoms with Gasteiger partial charge in [0.2, 0.25) is 0 Å². The van der Waals surface area contributed by atoms with Crippen molar-refractivity contribution in [2.75, 3.05) is 0 Å². The van der Waals surface area contributed by atoms with E-state index in [1.165, 1.54) is 5.56 Å². The number of aryl methyl sites for hydroxylation is 1. The van der Waals surface area contributed by atoms with Crippen LogP contribution in [0.4, 0.5) is 4.79 Å². The quantitative estimate of drug-likeness (QED) is 0.903. The van der Waals surface area contributed by atoms with Crippen LogP contribution in [-0.4, -0.2) is 17.5 Å². The summed E-state index contributed by atoms with van der Waals surface area (Å²) >= 11 is 0. The van der Waals surface area contributed by atoms with Crippen LogP contribution < -0.4 is 5.32 Å². The van der Waals surface area contributed by atoms with Crippen molar-refractivity contribution < 1.29 is 14.3 Å². The third-order valence-electron chi connectivity index (χ3n) is 3.17. The van der Waals surface area contributed by atoms with Gasteiger partial charge in [0.1, 0.15) is 11.4 Å². The normalized spacial score (nSPS) is 14.7. The van der Waals surface area contributed by atoms with Crippen LogP contribution >= 0.6 is 0 Å². The summed E-state index contributed by atoms with van der Waals surface area (Å²) in [6, 6.07) is 6.05. The molecule has 0 unspecified atom stereocenters. The van der Waals surface area contributed by atoms with Crippen LogP contribution in [0.15, 0.2) is 18.2 Å². The Bertz CT molecular complexity index is 529. The molecule has 1 aliphatic carbocycles. The molecule has 0 radical (unpaired) electrons. The largest absolute Gasteiger partial charge is 0.444 e. The first-order valence-corrected chi connectivity index (χ1v) is 6.93. The number of alkyl carbamates (subject to hydrolysis) is 1. The molecule has 0 bridgehead atoms. The molecule has 1 N–H and O–H groups in total. The molecule has 0 aliphatic heterocycles. The van der Waals surface area contributed by atoms with Crippen molar-refractivity contribution in [2.45, 2.75) is 52.2 Å². The van der Waals surface area contributed by atoms with Crippen LogP contribution in [0.3, 0.4) is 0 Å².